The Kier molecular flexibility index (Phi) is 5.72. The van der Waals surface area contributed by atoms with Crippen LogP contribution in [0.3, 0.4) is 0 Å². The van der Waals surface area contributed by atoms with Gasteiger partial charge in [0.25, 0.3) is 15.9 Å². The molecule has 10 heteroatoms. The van der Waals surface area contributed by atoms with Gasteiger partial charge in [-0.2, -0.15) is 0 Å². The van der Waals surface area contributed by atoms with Gasteiger partial charge < -0.3 is 4.57 Å². The first kappa shape index (κ1) is 20.9. The highest BCUT2D eigenvalue weighted by atomic mass is 35.5. The smallest absolute Gasteiger partial charge is 0.285 e. The maximum Gasteiger partial charge on any atom is 0.285 e. The van der Waals surface area contributed by atoms with Crippen LogP contribution in [0.15, 0.2) is 47.4 Å². The van der Waals surface area contributed by atoms with Gasteiger partial charge in [0.15, 0.2) is 5.69 Å². The average molecular weight is 440 g/mol. The van der Waals surface area contributed by atoms with Crippen molar-refractivity contribution in [2.24, 2.45) is 7.05 Å². The Morgan fingerprint density at radius 3 is 2.34 bits per heavy atom. The number of imidazole rings is 1. The standard InChI is InChI=1S/C19H16ClF2N3O3S/c1-3-14-17(19(26)24-29(27,28)15-10-5-4-7-11(15)20)23-18(25(14)2)16-12(21)8-6-9-13(16)22/h4-10H,3H2,1-2H3,(H,24,26). The summed E-state index contributed by atoms with van der Waals surface area (Å²) >= 11 is 5.91. The largest absolute Gasteiger partial charge is 0.330 e. The van der Waals surface area contributed by atoms with Crippen LogP contribution < -0.4 is 4.72 Å². The highest BCUT2D eigenvalue weighted by Crippen LogP contribution is 2.28. The van der Waals surface area contributed by atoms with Crippen molar-refractivity contribution in [3.8, 4) is 11.4 Å². The molecule has 0 aliphatic carbocycles. The predicted octanol–water partition coefficient (Wildman–Crippen LogP) is 3.70. The summed E-state index contributed by atoms with van der Waals surface area (Å²) in [6.45, 7) is 1.71. The monoisotopic (exact) mass is 439 g/mol. The molecule has 0 fully saturated rings. The van der Waals surface area contributed by atoms with Gasteiger partial charge in [-0.25, -0.2) is 26.9 Å². The van der Waals surface area contributed by atoms with Crippen LogP contribution in [0.5, 0.6) is 0 Å². The van der Waals surface area contributed by atoms with E-state index in [0.717, 1.165) is 12.1 Å². The summed E-state index contributed by atoms with van der Waals surface area (Å²) in [5.41, 5.74) is -0.337. The second-order valence-corrected chi connectivity index (χ2v) is 8.16. The van der Waals surface area contributed by atoms with Gasteiger partial charge in [-0.1, -0.05) is 36.7 Å². The Balaban J connectivity index is 2.06. The zero-order valence-corrected chi connectivity index (χ0v) is 17.0. The second kappa shape index (κ2) is 7.92. The molecule has 152 valence electrons. The minimum Gasteiger partial charge on any atom is -0.330 e. The molecule has 2 aromatic carbocycles. The van der Waals surface area contributed by atoms with E-state index in [9.17, 15) is 22.0 Å². The molecule has 1 amide bonds. The summed E-state index contributed by atoms with van der Waals surface area (Å²) in [6.07, 6.45) is 0.272. The van der Waals surface area contributed by atoms with E-state index in [1.54, 1.807) is 13.0 Å². The number of hydrogen-bond donors (Lipinski definition) is 1. The van der Waals surface area contributed by atoms with Crippen LogP contribution in [-0.2, 0) is 23.5 Å². The lowest BCUT2D eigenvalue weighted by atomic mass is 10.2. The third-order valence-corrected chi connectivity index (χ3v) is 6.13. The average Bonchev–Trinajstić information content (AvgIpc) is 2.98. The fourth-order valence-corrected chi connectivity index (χ4v) is 4.42. The van der Waals surface area contributed by atoms with Crippen LogP contribution in [-0.4, -0.2) is 23.9 Å². The number of hydrogen-bond acceptors (Lipinski definition) is 4. The molecular weight excluding hydrogens is 424 g/mol. The van der Waals surface area contributed by atoms with Crippen LogP contribution in [0.1, 0.15) is 23.1 Å². The van der Waals surface area contributed by atoms with E-state index < -0.39 is 33.1 Å². The molecule has 0 saturated heterocycles. The summed E-state index contributed by atoms with van der Waals surface area (Å²) in [7, 11) is -2.78. The predicted molar refractivity (Wildman–Crippen MR) is 104 cm³/mol. The SMILES string of the molecule is CCc1c(C(=O)NS(=O)(=O)c2ccccc2Cl)nc(-c2c(F)cccc2F)n1C. The summed E-state index contributed by atoms with van der Waals surface area (Å²) in [4.78, 5) is 16.5. The summed E-state index contributed by atoms with van der Waals surface area (Å²) in [5, 5.41) is -0.0568. The first-order chi connectivity index (χ1) is 13.7. The molecule has 0 aliphatic rings. The Morgan fingerprint density at radius 2 is 1.76 bits per heavy atom. The fourth-order valence-electron chi connectivity index (χ4n) is 2.94. The molecule has 0 saturated carbocycles. The third-order valence-electron chi connectivity index (χ3n) is 4.30. The molecule has 0 unspecified atom stereocenters. The topological polar surface area (TPSA) is 81.1 Å². The lowest BCUT2D eigenvalue weighted by molar-refractivity contribution is 0.0976. The van der Waals surface area contributed by atoms with Crippen LogP contribution in [0.4, 0.5) is 8.78 Å². The fraction of sp³-hybridized carbons (Fsp3) is 0.158. The van der Waals surface area contributed by atoms with Crippen LogP contribution in [0.25, 0.3) is 11.4 Å². The van der Waals surface area contributed by atoms with E-state index in [0.29, 0.717) is 5.69 Å². The zero-order valence-electron chi connectivity index (χ0n) is 15.4. The van der Waals surface area contributed by atoms with E-state index in [1.807, 2.05) is 4.72 Å². The molecule has 29 heavy (non-hydrogen) atoms. The lowest BCUT2D eigenvalue weighted by Crippen LogP contribution is -2.31. The molecule has 1 heterocycles. The molecule has 0 radical (unpaired) electrons. The van der Waals surface area contributed by atoms with Crippen LogP contribution in [0.2, 0.25) is 5.02 Å². The molecule has 6 nitrogen and oxygen atoms in total. The normalized spacial score (nSPS) is 11.5. The molecule has 1 N–H and O–H groups in total. The number of sulfonamides is 1. The Labute approximate surface area is 171 Å². The van der Waals surface area contributed by atoms with Crippen molar-refractivity contribution in [2.75, 3.05) is 0 Å². The maximum atomic E-state index is 14.2. The summed E-state index contributed by atoms with van der Waals surface area (Å²) in [6, 6.07) is 8.98. The molecule has 0 bridgehead atoms. The number of carbonyl (C=O) groups excluding carboxylic acids is 1. The molecule has 3 rings (SSSR count). The van der Waals surface area contributed by atoms with Crippen molar-refractivity contribution in [1.29, 1.82) is 0 Å². The Morgan fingerprint density at radius 1 is 1.14 bits per heavy atom. The second-order valence-electron chi connectivity index (χ2n) is 6.10. The molecule has 3 aromatic rings. The molecule has 1 aromatic heterocycles. The van der Waals surface area contributed by atoms with Gasteiger partial charge in [-0.3, -0.25) is 4.79 Å². The number of nitrogens with zero attached hydrogens (tertiary/aromatic N) is 2. The first-order valence-corrected chi connectivity index (χ1v) is 10.3. The van der Waals surface area contributed by atoms with Crippen molar-refractivity contribution in [3.63, 3.8) is 0 Å². The first-order valence-electron chi connectivity index (χ1n) is 8.49. The van der Waals surface area contributed by atoms with Crippen molar-refractivity contribution >= 4 is 27.5 Å². The van der Waals surface area contributed by atoms with Crippen molar-refractivity contribution in [1.82, 2.24) is 14.3 Å². The van der Waals surface area contributed by atoms with Crippen LogP contribution in [0, 0.1) is 11.6 Å². The number of rotatable bonds is 5. The summed E-state index contributed by atoms with van der Waals surface area (Å²) in [5.74, 6) is -2.86. The minimum atomic E-state index is -4.28. The van der Waals surface area contributed by atoms with Gasteiger partial charge in [-0.05, 0) is 30.7 Å². The number of carbonyl (C=O) groups is 1. The third kappa shape index (κ3) is 3.88. The van der Waals surface area contributed by atoms with Gasteiger partial charge in [-0.15, -0.1) is 0 Å². The number of benzene rings is 2. The van der Waals surface area contributed by atoms with Gasteiger partial charge in [0.05, 0.1) is 16.3 Å². The van der Waals surface area contributed by atoms with Gasteiger partial charge in [0.2, 0.25) is 0 Å². The van der Waals surface area contributed by atoms with Gasteiger partial charge >= 0.3 is 0 Å². The number of nitrogens with one attached hydrogen (secondary N) is 1. The number of halogens is 3. The number of amides is 1. The van der Waals surface area contributed by atoms with E-state index in [4.69, 9.17) is 11.6 Å². The molecule has 0 atom stereocenters. The van der Waals surface area contributed by atoms with Crippen molar-refractivity contribution in [2.45, 2.75) is 18.2 Å². The van der Waals surface area contributed by atoms with Gasteiger partial charge in [0.1, 0.15) is 22.4 Å². The Hall–Kier alpha value is -2.78. The number of aromatic nitrogens is 2. The molecule has 0 spiro atoms. The van der Waals surface area contributed by atoms with E-state index in [1.165, 1.54) is 35.9 Å². The van der Waals surface area contributed by atoms with Crippen LogP contribution >= 0.6 is 11.6 Å². The zero-order chi connectivity index (χ0) is 21.3. The highest BCUT2D eigenvalue weighted by Gasteiger charge is 2.27. The van der Waals surface area contributed by atoms with E-state index in [2.05, 4.69) is 4.98 Å². The van der Waals surface area contributed by atoms with E-state index >= 15 is 0 Å². The highest BCUT2D eigenvalue weighted by molar-refractivity contribution is 7.90. The quantitative estimate of drug-likeness (QED) is 0.657. The maximum absolute atomic E-state index is 14.2. The Bertz CT molecular complexity index is 1190. The molecular formula is C19H16ClF2N3O3S. The minimum absolute atomic E-state index is 0.0568. The van der Waals surface area contributed by atoms with Gasteiger partial charge in [0, 0.05) is 7.05 Å². The van der Waals surface area contributed by atoms with Crippen molar-refractivity contribution < 1.29 is 22.0 Å². The van der Waals surface area contributed by atoms with Crippen molar-refractivity contribution in [3.05, 3.63) is 70.5 Å². The summed E-state index contributed by atoms with van der Waals surface area (Å²) < 4.78 is 56.7. The lowest BCUT2D eigenvalue weighted by Gasteiger charge is -2.08. The molecule has 0 aliphatic heterocycles. The van der Waals surface area contributed by atoms with E-state index in [-0.39, 0.29) is 27.9 Å².